The van der Waals surface area contributed by atoms with E-state index >= 15 is 0 Å². The minimum Gasteiger partial charge on any atom is -0.348 e. The Morgan fingerprint density at radius 3 is 2.05 bits per heavy atom. The van der Waals surface area contributed by atoms with Crippen LogP contribution < -0.4 is 10.9 Å². The zero-order valence-electron chi connectivity index (χ0n) is 12.1. The summed E-state index contributed by atoms with van der Waals surface area (Å²) in [5.74, 6) is -0.384. The summed E-state index contributed by atoms with van der Waals surface area (Å²) in [5, 5.41) is 0. The summed E-state index contributed by atoms with van der Waals surface area (Å²) in [6.45, 7) is 6.46. The number of anilines is 1. The fourth-order valence-corrected chi connectivity index (χ4v) is 1.56. The average Bonchev–Trinajstić information content (AvgIpc) is 2.37. The van der Waals surface area contributed by atoms with Crippen molar-refractivity contribution in [3.8, 4) is 0 Å². The Morgan fingerprint density at radius 1 is 1.11 bits per heavy atom. The first-order valence-electron chi connectivity index (χ1n) is 6.10. The molecule has 1 rings (SSSR count). The van der Waals surface area contributed by atoms with Gasteiger partial charge in [-0.15, -0.1) is 0 Å². The molecule has 5 heteroatoms. The summed E-state index contributed by atoms with van der Waals surface area (Å²) < 4.78 is 9.68. The molecule has 0 radical (unpaired) electrons. The largest absolute Gasteiger partial charge is 0.348 e. The molecule has 0 saturated carbocycles. The van der Waals surface area contributed by atoms with Crippen LogP contribution in [0.1, 0.15) is 26.3 Å². The topological polar surface area (TPSA) is 59.6 Å². The summed E-state index contributed by atoms with van der Waals surface area (Å²) in [4.78, 5) is 11.6. The standard InChI is InChI=1S/C14H22N2O3/c1-14(2,3)10-6-8-11(9-7-10)15-16-12(17)13(18-4)19-5/h6-9,13,15H,1-5H3,(H,16,17). The molecule has 0 unspecified atom stereocenters. The first-order valence-corrected chi connectivity index (χ1v) is 6.10. The van der Waals surface area contributed by atoms with Gasteiger partial charge in [0.15, 0.2) is 0 Å². The van der Waals surface area contributed by atoms with E-state index in [1.165, 1.54) is 19.8 Å². The second-order valence-electron chi connectivity index (χ2n) is 5.24. The molecule has 0 aromatic heterocycles. The molecular formula is C14H22N2O3. The predicted molar refractivity (Wildman–Crippen MR) is 74.7 cm³/mol. The molecule has 0 aliphatic carbocycles. The van der Waals surface area contributed by atoms with Gasteiger partial charge in [-0.2, -0.15) is 0 Å². The number of ether oxygens (including phenoxy) is 2. The number of carbonyl (C=O) groups excluding carboxylic acids is 1. The van der Waals surface area contributed by atoms with Crippen LogP contribution in [-0.4, -0.2) is 26.4 Å². The number of nitrogens with one attached hydrogen (secondary N) is 2. The van der Waals surface area contributed by atoms with E-state index in [-0.39, 0.29) is 11.3 Å². The lowest BCUT2D eigenvalue weighted by Crippen LogP contribution is -2.40. The quantitative estimate of drug-likeness (QED) is 0.632. The van der Waals surface area contributed by atoms with Crippen LogP contribution in [0.15, 0.2) is 24.3 Å². The molecule has 0 fully saturated rings. The fraction of sp³-hybridized carbons (Fsp3) is 0.500. The Morgan fingerprint density at radius 2 is 1.63 bits per heavy atom. The van der Waals surface area contributed by atoms with Crippen molar-refractivity contribution < 1.29 is 14.3 Å². The van der Waals surface area contributed by atoms with E-state index in [1.807, 2.05) is 24.3 Å². The van der Waals surface area contributed by atoms with E-state index in [2.05, 4.69) is 31.6 Å². The zero-order chi connectivity index (χ0) is 14.5. The van der Waals surface area contributed by atoms with Gasteiger partial charge in [0.25, 0.3) is 5.91 Å². The molecule has 106 valence electrons. The van der Waals surface area contributed by atoms with Crippen molar-refractivity contribution in [3.63, 3.8) is 0 Å². The Kier molecular flexibility index (Phi) is 5.32. The van der Waals surface area contributed by atoms with Crippen molar-refractivity contribution in [1.29, 1.82) is 0 Å². The molecule has 0 aliphatic rings. The van der Waals surface area contributed by atoms with Crippen LogP contribution in [-0.2, 0) is 19.7 Å². The lowest BCUT2D eigenvalue weighted by atomic mass is 9.87. The van der Waals surface area contributed by atoms with Crippen LogP contribution >= 0.6 is 0 Å². The first-order chi connectivity index (χ1) is 8.88. The van der Waals surface area contributed by atoms with E-state index < -0.39 is 6.29 Å². The van der Waals surface area contributed by atoms with Crippen molar-refractivity contribution in [3.05, 3.63) is 29.8 Å². The van der Waals surface area contributed by atoms with Crippen LogP contribution in [0.3, 0.4) is 0 Å². The van der Waals surface area contributed by atoms with Crippen LogP contribution in [0.4, 0.5) is 5.69 Å². The highest BCUT2D eigenvalue weighted by Gasteiger charge is 2.16. The molecular weight excluding hydrogens is 244 g/mol. The second kappa shape index (κ2) is 6.54. The smallest absolute Gasteiger partial charge is 0.295 e. The van der Waals surface area contributed by atoms with E-state index in [9.17, 15) is 4.79 Å². The molecule has 1 aromatic carbocycles. The third-order valence-corrected chi connectivity index (χ3v) is 2.72. The van der Waals surface area contributed by atoms with Crippen molar-refractivity contribution >= 4 is 11.6 Å². The Balaban J connectivity index is 2.57. The minimum absolute atomic E-state index is 0.110. The highest BCUT2D eigenvalue weighted by atomic mass is 16.7. The molecule has 0 bridgehead atoms. The lowest BCUT2D eigenvalue weighted by Gasteiger charge is -2.19. The Labute approximate surface area is 114 Å². The summed E-state index contributed by atoms with van der Waals surface area (Å²) in [6.07, 6.45) is -0.915. The van der Waals surface area contributed by atoms with E-state index in [4.69, 9.17) is 9.47 Å². The van der Waals surface area contributed by atoms with Gasteiger partial charge in [0.05, 0.1) is 5.69 Å². The molecule has 1 aromatic rings. The molecule has 19 heavy (non-hydrogen) atoms. The number of carbonyl (C=O) groups is 1. The molecule has 0 atom stereocenters. The van der Waals surface area contributed by atoms with Gasteiger partial charge in [-0.3, -0.25) is 15.6 Å². The van der Waals surface area contributed by atoms with Crippen molar-refractivity contribution in [2.45, 2.75) is 32.5 Å². The number of hydrogen-bond acceptors (Lipinski definition) is 4. The van der Waals surface area contributed by atoms with E-state index in [0.717, 1.165) is 5.69 Å². The summed E-state index contributed by atoms with van der Waals surface area (Å²) in [5.41, 5.74) is 7.47. The number of rotatable bonds is 5. The monoisotopic (exact) mass is 266 g/mol. The van der Waals surface area contributed by atoms with Crippen molar-refractivity contribution in [1.82, 2.24) is 5.43 Å². The normalized spacial score (nSPS) is 11.5. The highest BCUT2D eigenvalue weighted by molar-refractivity contribution is 5.80. The van der Waals surface area contributed by atoms with Crippen LogP contribution in [0.2, 0.25) is 0 Å². The highest BCUT2D eigenvalue weighted by Crippen LogP contribution is 2.23. The van der Waals surface area contributed by atoms with Crippen molar-refractivity contribution in [2.75, 3.05) is 19.6 Å². The van der Waals surface area contributed by atoms with Gasteiger partial charge >= 0.3 is 0 Å². The third-order valence-electron chi connectivity index (χ3n) is 2.72. The lowest BCUT2D eigenvalue weighted by molar-refractivity contribution is -0.158. The second-order valence-corrected chi connectivity index (χ2v) is 5.24. The molecule has 5 nitrogen and oxygen atoms in total. The summed E-state index contributed by atoms with van der Waals surface area (Å²) in [7, 11) is 2.82. The number of methoxy groups -OCH3 is 2. The molecule has 0 spiro atoms. The van der Waals surface area contributed by atoms with Crippen molar-refractivity contribution in [2.24, 2.45) is 0 Å². The van der Waals surface area contributed by atoms with Gasteiger partial charge in [0, 0.05) is 14.2 Å². The number of benzene rings is 1. The maximum Gasteiger partial charge on any atom is 0.295 e. The maximum atomic E-state index is 11.6. The van der Waals surface area contributed by atoms with Gasteiger partial charge in [-0.25, -0.2) is 0 Å². The third kappa shape index (κ3) is 4.54. The van der Waals surface area contributed by atoms with Gasteiger partial charge in [-0.05, 0) is 23.1 Å². The van der Waals surface area contributed by atoms with Gasteiger partial charge in [-0.1, -0.05) is 32.9 Å². The molecule has 0 heterocycles. The minimum atomic E-state index is -0.915. The molecule has 1 amide bonds. The Bertz CT molecular complexity index is 406. The maximum absolute atomic E-state index is 11.6. The molecule has 2 N–H and O–H groups in total. The summed E-state index contributed by atoms with van der Waals surface area (Å²) >= 11 is 0. The van der Waals surface area contributed by atoms with E-state index in [0.29, 0.717) is 0 Å². The van der Waals surface area contributed by atoms with Gasteiger partial charge in [0.1, 0.15) is 0 Å². The van der Waals surface area contributed by atoms with Crippen LogP contribution in [0.25, 0.3) is 0 Å². The Hall–Kier alpha value is -1.59. The van der Waals surface area contributed by atoms with Gasteiger partial charge < -0.3 is 9.47 Å². The van der Waals surface area contributed by atoms with Crippen LogP contribution in [0.5, 0.6) is 0 Å². The van der Waals surface area contributed by atoms with Gasteiger partial charge in [0.2, 0.25) is 6.29 Å². The number of hydrazine groups is 1. The predicted octanol–water partition coefficient (Wildman–Crippen LogP) is 2.05. The van der Waals surface area contributed by atoms with Crippen LogP contribution in [0, 0.1) is 0 Å². The number of hydrogen-bond donors (Lipinski definition) is 2. The first kappa shape index (κ1) is 15.5. The van der Waals surface area contributed by atoms with E-state index in [1.54, 1.807) is 0 Å². The SMILES string of the molecule is COC(OC)C(=O)NNc1ccc(C(C)(C)C)cc1. The summed E-state index contributed by atoms with van der Waals surface area (Å²) in [6, 6.07) is 7.88. The molecule has 0 saturated heterocycles. The fourth-order valence-electron chi connectivity index (χ4n) is 1.56. The average molecular weight is 266 g/mol. The molecule has 0 aliphatic heterocycles. The zero-order valence-corrected chi connectivity index (χ0v) is 12.1. The number of amides is 1.